The predicted molar refractivity (Wildman–Crippen MR) is 113 cm³/mol. The summed E-state index contributed by atoms with van der Waals surface area (Å²) in [6.07, 6.45) is 0.790. The van der Waals surface area contributed by atoms with Crippen LogP contribution in [0.25, 0.3) is 0 Å². The Morgan fingerprint density at radius 3 is 2.59 bits per heavy atom. The summed E-state index contributed by atoms with van der Waals surface area (Å²) in [7, 11) is 0. The Labute approximate surface area is 176 Å². The largest absolute Gasteiger partial charge is 0.379 e. The third-order valence-corrected chi connectivity index (χ3v) is 5.07. The Kier molecular flexibility index (Phi) is 10.8. The summed E-state index contributed by atoms with van der Waals surface area (Å²) in [5.41, 5.74) is 7.25. The number of ether oxygens (including phenoxy) is 1. The van der Waals surface area contributed by atoms with Crippen LogP contribution in [0.3, 0.4) is 0 Å². The van der Waals surface area contributed by atoms with Gasteiger partial charge in [-0.05, 0) is 12.0 Å². The molecule has 0 bridgehead atoms. The van der Waals surface area contributed by atoms with Gasteiger partial charge in [0.25, 0.3) is 5.91 Å². The molecular formula is C18H26Cl2N4O2S. The monoisotopic (exact) mass is 432 g/mol. The molecule has 1 amide bonds. The number of hydrogen-bond acceptors (Lipinski definition) is 6. The molecule has 2 aromatic rings. The van der Waals surface area contributed by atoms with Crippen molar-refractivity contribution >= 4 is 42.1 Å². The molecule has 3 N–H and O–H groups in total. The highest BCUT2D eigenvalue weighted by Crippen LogP contribution is 2.11. The molecule has 1 saturated heterocycles. The number of carbonyl (C=O) groups excluding carboxylic acids is 1. The number of thiazole rings is 1. The average molecular weight is 433 g/mol. The summed E-state index contributed by atoms with van der Waals surface area (Å²) in [6.45, 7) is 4.46. The lowest BCUT2D eigenvalue weighted by atomic mass is 10.0. The Morgan fingerprint density at radius 1 is 1.26 bits per heavy atom. The average Bonchev–Trinajstić information content (AvgIpc) is 3.13. The van der Waals surface area contributed by atoms with E-state index in [1.165, 1.54) is 16.9 Å². The molecule has 9 heteroatoms. The lowest BCUT2D eigenvalue weighted by Gasteiger charge is -2.30. The third kappa shape index (κ3) is 7.37. The van der Waals surface area contributed by atoms with E-state index in [0.717, 1.165) is 44.3 Å². The lowest BCUT2D eigenvalue weighted by Crippen LogP contribution is -2.48. The first-order chi connectivity index (χ1) is 12.2. The van der Waals surface area contributed by atoms with Crippen molar-refractivity contribution in [1.82, 2.24) is 15.2 Å². The number of nitrogens with zero attached hydrogens (tertiary/aromatic N) is 2. The van der Waals surface area contributed by atoms with Crippen LogP contribution in [0.1, 0.15) is 21.1 Å². The summed E-state index contributed by atoms with van der Waals surface area (Å²) in [5.74, 6) is -0.134. The fraction of sp³-hybridized carbons (Fsp3) is 0.444. The highest BCUT2D eigenvalue weighted by molar-refractivity contribution is 7.09. The van der Waals surface area contributed by atoms with Crippen molar-refractivity contribution in [2.24, 2.45) is 5.73 Å². The van der Waals surface area contributed by atoms with Crippen molar-refractivity contribution in [2.75, 3.05) is 32.8 Å². The van der Waals surface area contributed by atoms with Crippen LogP contribution >= 0.6 is 36.2 Å². The van der Waals surface area contributed by atoms with Crippen molar-refractivity contribution in [1.29, 1.82) is 0 Å². The molecule has 1 aliphatic heterocycles. The van der Waals surface area contributed by atoms with Gasteiger partial charge in [-0.3, -0.25) is 9.69 Å². The van der Waals surface area contributed by atoms with Gasteiger partial charge in [-0.2, -0.15) is 0 Å². The number of nitrogens with two attached hydrogens (primary N) is 1. The maximum Gasteiger partial charge on any atom is 0.271 e. The summed E-state index contributed by atoms with van der Waals surface area (Å²) in [6, 6.07) is 10.3. The molecule has 1 unspecified atom stereocenters. The van der Waals surface area contributed by atoms with Crippen molar-refractivity contribution < 1.29 is 9.53 Å². The van der Waals surface area contributed by atoms with Crippen LogP contribution in [0.2, 0.25) is 0 Å². The van der Waals surface area contributed by atoms with Crippen molar-refractivity contribution in [3.05, 3.63) is 52.0 Å². The number of aromatic nitrogens is 1. The van der Waals surface area contributed by atoms with Crippen molar-refractivity contribution in [3.63, 3.8) is 0 Å². The van der Waals surface area contributed by atoms with Gasteiger partial charge in [-0.1, -0.05) is 30.3 Å². The smallest absolute Gasteiger partial charge is 0.271 e. The minimum atomic E-state index is -0.134. The maximum atomic E-state index is 12.6. The van der Waals surface area contributed by atoms with Crippen LogP contribution in [0.15, 0.2) is 35.7 Å². The molecule has 0 aliphatic carbocycles. The number of rotatable bonds is 7. The van der Waals surface area contributed by atoms with Crippen LogP contribution in [0, 0.1) is 0 Å². The van der Waals surface area contributed by atoms with E-state index in [-0.39, 0.29) is 36.8 Å². The lowest BCUT2D eigenvalue weighted by molar-refractivity contribution is 0.0333. The van der Waals surface area contributed by atoms with Gasteiger partial charge in [0.15, 0.2) is 0 Å². The van der Waals surface area contributed by atoms with Gasteiger partial charge in [0.2, 0.25) is 0 Å². The highest BCUT2D eigenvalue weighted by atomic mass is 35.5. The minimum Gasteiger partial charge on any atom is -0.379 e. The molecule has 1 aromatic heterocycles. The number of benzene rings is 1. The third-order valence-electron chi connectivity index (χ3n) is 4.20. The summed E-state index contributed by atoms with van der Waals surface area (Å²) >= 11 is 1.42. The minimum absolute atomic E-state index is 0. The number of nitrogens with one attached hydrogen (secondary N) is 1. The second kappa shape index (κ2) is 12.3. The second-order valence-electron chi connectivity index (χ2n) is 6.10. The van der Waals surface area contributed by atoms with Crippen LogP contribution < -0.4 is 11.1 Å². The Hall–Kier alpha value is -1.22. The summed E-state index contributed by atoms with van der Waals surface area (Å²) in [4.78, 5) is 19.2. The maximum absolute atomic E-state index is 12.6. The quantitative estimate of drug-likeness (QED) is 0.699. The molecular weight excluding hydrogens is 407 g/mol. The van der Waals surface area contributed by atoms with Gasteiger partial charge >= 0.3 is 0 Å². The molecule has 2 heterocycles. The molecule has 6 nitrogen and oxygen atoms in total. The Balaban J connectivity index is 0.00000182. The molecule has 1 aliphatic rings. The van der Waals surface area contributed by atoms with E-state index in [1.54, 1.807) is 5.38 Å². The van der Waals surface area contributed by atoms with Gasteiger partial charge in [0, 0.05) is 37.6 Å². The topological polar surface area (TPSA) is 80.5 Å². The first-order valence-corrected chi connectivity index (χ1v) is 9.42. The van der Waals surface area contributed by atoms with Gasteiger partial charge in [-0.15, -0.1) is 36.2 Å². The fourth-order valence-electron chi connectivity index (χ4n) is 2.92. The molecule has 150 valence electrons. The van der Waals surface area contributed by atoms with E-state index in [4.69, 9.17) is 10.5 Å². The SMILES string of the molecule is Cl.Cl.NCc1nc(C(=O)NC(Cc2ccccc2)CN2CCOCC2)cs1. The molecule has 27 heavy (non-hydrogen) atoms. The van der Waals surface area contributed by atoms with Crippen LogP contribution in [0.4, 0.5) is 0 Å². The zero-order valence-corrected chi connectivity index (χ0v) is 17.5. The van der Waals surface area contributed by atoms with E-state index < -0.39 is 0 Å². The number of halogens is 2. The van der Waals surface area contributed by atoms with Gasteiger partial charge in [-0.25, -0.2) is 4.98 Å². The molecule has 0 spiro atoms. The molecule has 0 radical (unpaired) electrons. The molecule has 1 fully saturated rings. The van der Waals surface area contributed by atoms with Gasteiger partial charge < -0.3 is 15.8 Å². The number of morpholine rings is 1. The van der Waals surface area contributed by atoms with Crippen molar-refractivity contribution in [2.45, 2.75) is 19.0 Å². The molecule has 3 rings (SSSR count). The van der Waals surface area contributed by atoms with Crippen LogP contribution in [-0.2, 0) is 17.7 Å². The summed E-state index contributed by atoms with van der Waals surface area (Å²) < 4.78 is 5.42. The first kappa shape index (κ1) is 23.8. The fourth-order valence-corrected chi connectivity index (χ4v) is 3.58. The van der Waals surface area contributed by atoms with Crippen molar-refractivity contribution in [3.8, 4) is 0 Å². The predicted octanol–water partition coefficient (Wildman–Crippen LogP) is 2.12. The summed E-state index contributed by atoms with van der Waals surface area (Å²) in [5, 5.41) is 5.69. The van der Waals surface area contributed by atoms with Crippen LogP contribution in [0.5, 0.6) is 0 Å². The standard InChI is InChI=1S/C18H24N4O2S.2ClH/c19-11-17-21-16(13-25-17)18(23)20-15(10-14-4-2-1-3-5-14)12-22-6-8-24-9-7-22;;/h1-5,13,15H,6-12,19H2,(H,20,23);2*1H. The Bertz CT molecular complexity index is 681. The Morgan fingerprint density at radius 2 is 1.96 bits per heavy atom. The zero-order valence-electron chi connectivity index (χ0n) is 15.0. The number of amides is 1. The van der Waals surface area contributed by atoms with Crippen LogP contribution in [-0.4, -0.2) is 54.7 Å². The zero-order chi connectivity index (χ0) is 17.5. The highest BCUT2D eigenvalue weighted by Gasteiger charge is 2.20. The van der Waals surface area contributed by atoms with E-state index in [0.29, 0.717) is 12.2 Å². The molecule has 1 atom stereocenters. The molecule has 0 saturated carbocycles. The normalized spacial score (nSPS) is 15.3. The van der Waals surface area contributed by atoms with E-state index in [2.05, 4.69) is 27.3 Å². The first-order valence-electron chi connectivity index (χ1n) is 8.54. The molecule has 1 aromatic carbocycles. The van der Waals surface area contributed by atoms with Gasteiger partial charge in [0.05, 0.1) is 13.2 Å². The second-order valence-corrected chi connectivity index (χ2v) is 7.05. The van der Waals surface area contributed by atoms with E-state index in [1.807, 2.05) is 18.2 Å². The number of carbonyl (C=O) groups is 1. The number of hydrogen-bond donors (Lipinski definition) is 2. The van der Waals surface area contributed by atoms with Gasteiger partial charge in [0.1, 0.15) is 10.7 Å². The van der Waals surface area contributed by atoms with E-state index >= 15 is 0 Å². The van der Waals surface area contributed by atoms with E-state index in [9.17, 15) is 4.79 Å².